The van der Waals surface area contributed by atoms with Gasteiger partial charge in [-0.2, -0.15) is 17.0 Å². The molecule has 0 radical (unpaired) electrons. The molecule has 1 atom stereocenters. The van der Waals surface area contributed by atoms with E-state index in [9.17, 15) is 8.42 Å². The summed E-state index contributed by atoms with van der Waals surface area (Å²) in [5.74, 6) is 0.439. The molecule has 5 nitrogen and oxygen atoms in total. The molecule has 0 aliphatic carbocycles. The molecule has 0 saturated carbocycles. The highest BCUT2D eigenvalue weighted by Crippen LogP contribution is 2.22. The molecule has 0 spiro atoms. The van der Waals surface area contributed by atoms with Crippen molar-refractivity contribution in [2.24, 2.45) is 5.92 Å². The smallest absolute Gasteiger partial charge is 0.282 e. The minimum Gasteiger partial charge on any atom is -0.317 e. The lowest BCUT2D eigenvalue weighted by molar-refractivity contribution is 0.234. The molecule has 0 bridgehead atoms. The highest BCUT2D eigenvalue weighted by atomic mass is 32.2. The summed E-state index contributed by atoms with van der Waals surface area (Å²) in [6.45, 7) is 11.8. The Kier molecular flexibility index (Phi) is 7.43. The van der Waals surface area contributed by atoms with E-state index < -0.39 is 10.2 Å². The van der Waals surface area contributed by atoms with Gasteiger partial charge < -0.3 is 5.32 Å². The predicted octanol–water partition coefficient (Wildman–Crippen LogP) is 1.67. The summed E-state index contributed by atoms with van der Waals surface area (Å²) in [5.41, 5.74) is 0. The van der Waals surface area contributed by atoms with Gasteiger partial charge in [-0.15, -0.1) is 0 Å². The fourth-order valence-electron chi connectivity index (χ4n) is 2.76. The minimum atomic E-state index is -3.30. The maximum atomic E-state index is 12.8. The Labute approximate surface area is 124 Å². The molecule has 1 rings (SSSR count). The van der Waals surface area contributed by atoms with E-state index in [4.69, 9.17) is 0 Å². The molecular formula is C14H31N3O2S. The summed E-state index contributed by atoms with van der Waals surface area (Å²) in [6.07, 6.45) is 2.94. The van der Waals surface area contributed by atoms with E-state index in [1.807, 2.05) is 20.8 Å². The number of nitrogens with zero attached hydrogens (tertiary/aromatic N) is 2. The van der Waals surface area contributed by atoms with Crippen molar-refractivity contribution in [3.05, 3.63) is 0 Å². The second kappa shape index (κ2) is 8.32. The first kappa shape index (κ1) is 17.9. The maximum Gasteiger partial charge on any atom is 0.282 e. The number of rotatable bonds is 8. The SMILES string of the molecule is CCCN(C(C)C)S(=O)(=O)N1CCCC(CNCC)C1. The van der Waals surface area contributed by atoms with Crippen LogP contribution in [-0.4, -0.2) is 55.8 Å². The predicted molar refractivity (Wildman–Crippen MR) is 83.9 cm³/mol. The number of nitrogens with one attached hydrogen (secondary N) is 1. The zero-order valence-electron chi connectivity index (χ0n) is 13.4. The van der Waals surface area contributed by atoms with Gasteiger partial charge in [0.15, 0.2) is 0 Å². The molecule has 1 heterocycles. The van der Waals surface area contributed by atoms with Crippen LogP contribution in [0.15, 0.2) is 0 Å². The van der Waals surface area contributed by atoms with Crippen LogP contribution < -0.4 is 5.32 Å². The van der Waals surface area contributed by atoms with Gasteiger partial charge in [0, 0.05) is 25.7 Å². The summed E-state index contributed by atoms with van der Waals surface area (Å²) in [5, 5.41) is 3.33. The first-order valence-electron chi connectivity index (χ1n) is 7.91. The van der Waals surface area contributed by atoms with E-state index in [0.717, 1.165) is 32.4 Å². The molecule has 1 aliphatic rings. The lowest BCUT2D eigenvalue weighted by Gasteiger charge is -2.37. The Bertz CT molecular complexity index is 371. The molecule has 0 aromatic rings. The molecule has 1 N–H and O–H groups in total. The van der Waals surface area contributed by atoms with Gasteiger partial charge in [-0.1, -0.05) is 13.8 Å². The average molecular weight is 305 g/mol. The molecular weight excluding hydrogens is 274 g/mol. The van der Waals surface area contributed by atoms with Crippen molar-refractivity contribution in [3.8, 4) is 0 Å². The molecule has 1 unspecified atom stereocenters. The normalized spacial score (nSPS) is 21.8. The lowest BCUT2D eigenvalue weighted by Crippen LogP contribution is -2.51. The summed E-state index contributed by atoms with van der Waals surface area (Å²) >= 11 is 0. The molecule has 1 saturated heterocycles. The van der Waals surface area contributed by atoms with E-state index in [2.05, 4.69) is 12.2 Å². The maximum absolute atomic E-state index is 12.8. The first-order valence-corrected chi connectivity index (χ1v) is 9.30. The molecule has 6 heteroatoms. The van der Waals surface area contributed by atoms with Crippen LogP contribution in [0.2, 0.25) is 0 Å². The topological polar surface area (TPSA) is 52.7 Å². The van der Waals surface area contributed by atoms with Gasteiger partial charge in [-0.05, 0) is 52.1 Å². The third kappa shape index (κ3) is 4.69. The van der Waals surface area contributed by atoms with Crippen molar-refractivity contribution in [2.75, 3.05) is 32.7 Å². The van der Waals surface area contributed by atoms with E-state index in [0.29, 0.717) is 25.6 Å². The van der Waals surface area contributed by atoms with E-state index in [-0.39, 0.29) is 6.04 Å². The number of hydrogen-bond acceptors (Lipinski definition) is 3. The molecule has 120 valence electrons. The van der Waals surface area contributed by atoms with E-state index in [1.165, 1.54) is 0 Å². The zero-order chi connectivity index (χ0) is 15.2. The van der Waals surface area contributed by atoms with Crippen molar-refractivity contribution in [3.63, 3.8) is 0 Å². The van der Waals surface area contributed by atoms with Crippen LogP contribution in [0.5, 0.6) is 0 Å². The fraction of sp³-hybridized carbons (Fsp3) is 1.00. The highest BCUT2D eigenvalue weighted by Gasteiger charge is 2.34. The van der Waals surface area contributed by atoms with Gasteiger partial charge in [0.1, 0.15) is 0 Å². The Hall–Kier alpha value is -0.170. The van der Waals surface area contributed by atoms with Crippen molar-refractivity contribution < 1.29 is 8.42 Å². The van der Waals surface area contributed by atoms with Crippen LogP contribution in [0.4, 0.5) is 0 Å². The second-order valence-corrected chi connectivity index (χ2v) is 7.77. The van der Waals surface area contributed by atoms with Crippen LogP contribution in [0, 0.1) is 5.92 Å². The van der Waals surface area contributed by atoms with Gasteiger partial charge in [-0.3, -0.25) is 0 Å². The fourth-order valence-corrected chi connectivity index (χ4v) is 4.76. The molecule has 1 aliphatic heterocycles. The average Bonchev–Trinajstić information content (AvgIpc) is 2.42. The van der Waals surface area contributed by atoms with E-state index in [1.54, 1.807) is 8.61 Å². The summed E-state index contributed by atoms with van der Waals surface area (Å²) in [4.78, 5) is 0. The molecule has 0 aromatic heterocycles. The number of hydrogen-bond donors (Lipinski definition) is 1. The van der Waals surface area contributed by atoms with Crippen molar-refractivity contribution in [2.45, 2.75) is 53.0 Å². The van der Waals surface area contributed by atoms with Gasteiger partial charge in [0.2, 0.25) is 0 Å². The minimum absolute atomic E-state index is 0.0223. The van der Waals surface area contributed by atoms with Crippen molar-refractivity contribution >= 4 is 10.2 Å². The lowest BCUT2D eigenvalue weighted by atomic mass is 10.00. The first-order chi connectivity index (χ1) is 9.43. The van der Waals surface area contributed by atoms with Crippen molar-refractivity contribution in [1.29, 1.82) is 0 Å². The Morgan fingerprint density at radius 1 is 1.35 bits per heavy atom. The number of piperidine rings is 1. The van der Waals surface area contributed by atoms with Crippen molar-refractivity contribution in [1.82, 2.24) is 13.9 Å². The van der Waals surface area contributed by atoms with Gasteiger partial charge in [0.05, 0.1) is 0 Å². The van der Waals surface area contributed by atoms with Gasteiger partial charge >= 0.3 is 0 Å². The standard InChI is InChI=1S/C14H31N3O2S/c1-5-9-17(13(3)4)20(18,19)16-10-7-8-14(12-16)11-15-6-2/h13-15H,5-12H2,1-4H3. The molecule has 20 heavy (non-hydrogen) atoms. The largest absolute Gasteiger partial charge is 0.317 e. The van der Waals surface area contributed by atoms with Gasteiger partial charge in [0.25, 0.3) is 10.2 Å². The third-order valence-electron chi connectivity index (χ3n) is 3.81. The van der Waals surface area contributed by atoms with Gasteiger partial charge in [-0.25, -0.2) is 0 Å². The Morgan fingerprint density at radius 3 is 2.60 bits per heavy atom. The van der Waals surface area contributed by atoms with Crippen LogP contribution >= 0.6 is 0 Å². The van der Waals surface area contributed by atoms with Crippen LogP contribution in [-0.2, 0) is 10.2 Å². The summed E-state index contributed by atoms with van der Waals surface area (Å²) in [7, 11) is -3.30. The van der Waals surface area contributed by atoms with E-state index >= 15 is 0 Å². The zero-order valence-corrected chi connectivity index (χ0v) is 14.2. The Morgan fingerprint density at radius 2 is 2.05 bits per heavy atom. The van der Waals surface area contributed by atoms with Crippen LogP contribution in [0.1, 0.15) is 47.0 Å². The van der Waals surface area contributed by atoms with Crippen LogP contribution in [0.25, 0.3) is 0 Å². The quantitative estimate of drug-likeness (QED) is 0.742. The molecule has 1 fully saturated rings. The van der Waals surface area contributed by atoms with Crippen LogP contribution in [0.3, 0.4) is 0 Å². The monoisotopic (exact) mass is 305 g/mol. The summed E-state index contributed by atoms with van der Waals surface area (Å²) < 4.78 is 28.9. The highest BCUT2D eigenvalue weighted by molar-refractivity contribution is 7.86. The second-order valence-electron chi connectivity index (χ2n) is 5.89. The molecule has 0 aromatic carbocycles. The third-order valence-corrected chi connectivity index (χ3v) is 5.99. The molecule has 0 amide bonds. The summed E-state index contributed by atoms with van der Waals surface area (Å²) in [6, 6.07) is 0.0223. The Balaban J connectivity index is 2.74.